The van der Waals surface area contributed by atoms with E-state index in [1.165, 1.54) is 5.70 Å². The summed E-state index contributed by atoms with van der Waals surface area (Å²) in [4.78, 5) is 7.55. The summed E-state index contributed by atoms with van der Waals surface area (Å²) in [5.41, 5.74) is 9.96. The first kappa shape index (κ1) is 14.8. The molecule has 3 N–H and O–H groups in total. The average Bonchev–Trinajstić information content (AvgIpc) is 3.26. The van der Waals surface area contributed by atoms with Gasteiger partial charge in [-0.05, 0) is 44.1 Å². The minimum atomic E-state index is -0.465. The van der Waals surface area contributed by atoms with Gasteiger partial charge in [0.2, 0.25) is 0 Å². The van der Waals surface area contributed by atoms with E-state index in [1.54, 1.807) is 6.34 Å². The van der Waals surface area contributed by atoms with E-state index in [0.717, 1.165) is 42.8 Å². The standard InChI is InChI=1S/C17H19N7/c18-8-12(9-19)7-11-1-3-13(4-2-11)15-16-14-5-6-20-17(14)21-10-24(16)23-22-15/h5-6,10-13,20,22-23H,1-4,7H2/t11-,13-. The number of nitrogens with one attached hydrogen (secondary N) is 3. The van der Waals surface area contributed by atoms with Gasteiger partial charge in [0.15, 0.2) is 0 Å². The Morgan fingerprint density at radius 3 is 2.79 bits per heavy atom. The van der Waals surface area contributed by atoms with Crippen LogP contribution in [0.25, 0.3) is 5.70 Å². The van der Waals surface area contributed by atoms with Gasteiger partial charge in [-0.1, -0.05) is 0 Å². The molecule has 0 atom stereocenters. The zero-order chi connectivity index (χ0) is 16.5. The quantitative estimate of drug-likeness (QED) is 0.794. The molecule has 122 valence electrons. The summed E-state index contributed by atoms with van der Waals surface area (Å²) in [5.74, 6) is 1.37. The van der Waals surface area contributed by atoms with E-state index in [1.807, 2.05) is 11.2 Å². The summed E-state index contributed by atoms with van der Waals surface area (Å²) in [7, 11) is 0. The molecule has 2 aliphatic heterocycles. The maximum Gasteiger partial charge on any atom is 0.141 e. The lowest BCUT2D eigenvalue weighted by atomic mass is 9.77. The zero-order valence-corrected chi connectivity index (χ0v) is 13.3. The van der Waals surface area contributed by atoms with E-state index in [9.17, 15) is 0 Å². The third-order valence-corrected chi connectivity index (χ3v) is 5.23. The van der Waals surface area contributed by atoms with Crippen molar-refractivity contribution in [3.05, 3.63) is 23.5 Å². The number of allylic oxidation sites excluding steroid dienone is 1. The van der Waals surface area contributed by atoms with Crippen molar-refractivity contribution in [1.29, 1.82) is 10.5 Å². The van der Waals surface area contributed by atoms with Gasteiger partial charge in [0.1, 0.15) is 18.1 Å². The summed E-state index contributed by atoms with van der Waals surface area (Å²) in [6, 6.07) is 6.24. The molecule has 7 heteroatoms. The van der Waals surface area contributed by atoms with Crippen molar-refractivity contribution in [1.82, 2.24) is 21.0 Å². The van der Waals surface area contributed by atoms with Crippen LogP contribution in [-0.2, 0) is 0 Å². The summed E-state index contributed by atoms with van der Waals surface area (Å²) < 4.78 is 0. The van der Waals surface area contributed by atoms with Gasteiger partial charge in [0, 0.05) is 17.7 Å². The lowest BCUT2D eigenvalue weighted by Gasteiger charge is -2.29. The van der Waals surface area contributed by atoms with Gasteiger partial charge in [0.05, 0.1) is 23.5 Å². The van der Waals surface area contributed by atoms with E-state index >= 15 is 0 Å². The maximum atomic E-state index is 8.96. The molecule has 0 bridgehead atoms. The van der Waals surface area contributed by atoms with E-state index in [4.69, 9.17) is 10.5 Å². The van der Waals surface area contributed by atoms with Crippen LogP contribution in [0.1, 0.15) is 37.7 Å². The fourth-order valence-corrected chi connectivity index (χ4v) is 3.95. The van der Waals surface area contributed by atoms with Crippen LogP contribution in [0.3, 0.4) is 0 Å². The molecule has 1 aromatic rings. The van der Waals surface area contributed by atoms with Crippen molar-refractivity contribution in [2.75, 3.05) is 0 Å². The highest BCUT2D eigenvalue weighted by atomic mass is 15.7. The van der Waals surface area contributed by atoms with Crippen LogP contribution in [-0.4, -0.2) is 16.3 Å². The van der Waals surface area contributed by atoms with Gasteiger partial charge in [-0.15, -0.1) is 5.53 Å². The number of hydrazine groups is 2. The van der Waals surface area contributed by atoms with Gasteiger partial charge in [-0.25, -0.2) is 10.0 Å². The Kier molecular flexibility index (Phi) is 3.72. The number of nitriles is 2. The Morgan fingerprint density at radius 1 is 1.25 bits per heavy atom. The van der Waals surface area contributed by atoms with Crippen molar-refractivity contribution in [2.24, 2.45) is 22.7 Å². The Morgan fingerprint density at radius 2 is 2.04 bits per heavy atom. The van der Waals surface area contributed by atoms with Gasteiger partial charge < -0.3 is 10.4 Å². The smallest absolute Gasteiger partial charge is 0.141 e. The predicted octanol–water partition coefficient (Wildman–Crippen LogP) is 2.54. The van der Waals surface area contributed by atoms with Gasteiger partial charge in [0.25, 0.3) is 0 Å². The van der Waals surface area contributed by atoms with Crippen molar-refractivity contribution >= 4 is 17.9 Å². The largest absolute Gasteiger partial charge is 0.346 e. The molecule has 0 saturated heterocycles. The molecule has 1 fully saturated rings. The van der Waals surface area contributed by atoms with Gasteiger partial charge >= 0.3 is 0 Å². The number of aromatic amines is 1. The molecule has 0 unspecified atom stereocenters. The van der Waals surface area contributed by atoms with E-state index in [2.05, 4.69) is 39.1 Å². The fraction of sp³-hybridized carbons (Fsp3) is 0.471. The third-order valence-electron chi connectivity index (χ3n) is 5.23. The van der Waals surface area contributed by atoms with Crippen LogP contribution >= 0.6 is 0 Å². The number of rotatable bonds is 3. The molecule has 0 radical (unpaired) electrons. The molecule has 0 amide bonds. The molecule has 0 spiro atoms. The monoisotopic (exact) mass is 321 g/mol. The van der Waals surface area contributed by atoms with Crippen LogP contribution < -0.4 is 11.0 Å². The number of hydrogen-bond donors (Lipinski definition) is 3. The molecule has 0 aromatic carbocycles. The number of hydrogen-bond acceptors (Lipinski definition) is 6. The van der Waals surface area contributed by atoms with Gasteiger partial charge in [-0.2, -0.15) is 10.5 Å². The molecular weight excluding hydrogens is 302 g/mol. The Labute approximate surface area is 140 Å². The molecule has 7 nitrogen and oxygen atoms in total. The molecule has 1 aromatic heterocycles. The Bertz CT molecular complexity index is 754. The highest BCUT2D eigenvalue weighted by Crippen LogP contribution is 2.41. The second kappa shape index (κ2) is 6.03. The number of fused-ring (bicyclic) bond motifs is 3. The lowest BCUT2D eigenvalue weighted by molar-refractivity contribution is 0.271. The first-order valence-electron chi connectivity index (χ1n) is 8.36. The number of H-pyrrole nitrogens is 1. The fourth-order valence-electron chi connectivity index (χ4n) is 3.95. The van der Waals surface area contributed by atoms with Crippen molar-refractivity contribution in [2.45, 2.75) is 32.1 Å². The highest BCUT2D eigenvalue weighted by molar-refractivity contribution is 5.87. The molecule has 3 aliphatic rings. The zero-order valence-electron chi connectivity index (χ0n) is 13.3. The number of nitrogens with zero attached hydrogens (tertiary/aromatic N) is 4. The molecular formula is C17H19N7. The molecule has 24 heavy (non-hydrogen) atoms. The third kappa shape index (κ3) is 2.44. The minimum absolute atomic E-state index is 0.464. The summed E-state index contributed by atoms with van der Waals surface area (Å²) >= 11 is 0. The van der Waals surface area contributed by atoms with Crippen LogP contribution in [0.4, 0.5) is 5.82 Å². The lowest BCUT2D eigenvalue weighted by Crippen LogP contribution is -2.38. The normalized spacial score (nSPS) is 25.0. The van der Waals surface area contributed by atoms with Crippen LogP contribution in [0.2, 0.25) is 0 Å². The maximum absolute atomic E-state index is 8.96. The number of aromatic nitrogens is 1. The summed E-state index contributed by atoms with van der Waals surface area (Å²) in [6.45, 7) is 0. The first-order chi connectivity index (χ1) is 11.8. The SMILES string of the molecule is N#CC(C#N)C[C@H]1CC[C@H](C2=C3c4cc[nH]c4N=CN3NN2)CC1. The Balaban J connectivity index is 1.49. The molecule has 1 aliphatic carbocycles. The van der Waals surface area contributed by atoms with Crippen LogP contribution in [0.15, 0.2) is 23.0 Å². The van der Waals surface area contributed by atoms with E-state index in [0.29, 0.717) is 18.3 Å². The van der Waals surface area contributed by atoms with Crippen molar-refractivity contribution in [3.63, 3.8) is 0 Å². The van der Waals surface area contributed by atoms with Gasteiger partial charge in [-0.3, -0.25) is 0 Å². The van der Waals surface area contributed by atoms with Crippen LogP contribution in [0, 0.1) is 40.4 Å². The predicted molar refractivity (Wildman–Crippen MR) is 88.8 cm³/mol. The minimum Gasteiger partial charge on any atom is -0.346 e. The van der Waals surface area contributed by atoms with E-state index in [-0.39, 0.29) is 0 Å². The molecule has 3 heterocycles. The molecule has 1 saturated carbocycles. The Hall–Kier alpha value is -2.77. The summed E-state index contributed by atoms with van der Waals surface area (Å²) in [6.07, 6.45) is 8.69. The van der Waals surface area contributed by atoms with Crippen molar-refractivity contribution in [3.8, 4) is 12.1 Å². The van der Waals surface area contributed by atoms with Crippen LogP contribution in [0.5, 0.6) is 0 Å². The first-order valence-corrected chi connectivity index (χ1v) is 8.36. The van der Waals surface area contributed by atoms with Crippen molar-refractivity contribution < 1.29 is 0 Å². The topological polar surface area (TPSA) is 103 Å². The second-order valence-corrected chi connectivity index (χ2v) is 6.62. The number of aliphatic imine (C=N–C) groups is 1. The van der Waals surface area contributed by atoms with E-state index < -0.39 is 5.92 Å². The average molecular weight is 321 g/mol. The summed E-state index contributed by atoms with van der Waals surface area (Å²) in [5, 5.41) is 19.9. The molecule has 4 rings (SSSR count). The highest BCUT2D eigenvalue weighted by Gasteiger charge is 2.34. The second-order valence-electron chi connectivity index (χ2n) is 6.62.